The van der Waals surface area contributed by atoms with Crippen LogP contribution >= 0.6 is 0 Å². The number of hydrogen-bond donors (Lipinski definition) is 2. The Bertz CT molecular complexity index is 449. The first kappa shape index (κ1) is 9.52. The molecule has 3 N–H and O–H groups in total. The van der Waals surface area contributed by atoms with E-state index in [4.69, 9.17) is 5.73 Å². The molecule has 76 valence electrons. The van der Waals surface area contributed by atoms with Crippen molar-refractivity contribution in [2.75, 3.05) is 11.1 Å². The molecule has 0 amide bonds. The number of aryl methyl sites for hydroxylation is 1. The van der Waals surface area contributed by atoms with Crippen LogP contribution in [0.1, 0.15) is 5.56 Å². The van der Waals surface area contributed by atoms with E-state index in [0.717, 1.165) is 11.5 Å². The Hall–Kier alpha value is -2.03. The van der Waals surface area contributed by atoms with Crippen LogP contribution in [0.25, 0.3) is 0 Å². The van der Waals surface area contributed by atoms with Crippen LogP contribution in [0.2, 0.25) is 0 Å². The maximum atomic E-state index is 5.66. The normalized spacial score (nSPS) is 9.93. The van der Waals surface area contributed by atoms with E-state index in [-0.39, 0.29) is 0 Å². The van der Waals surface area contributed by atoms with Gasteiger partial charge in [0.05, 0.1) is 0 Å². The minimum absolute atomic E-state index is 0.708. The highest BCUT2D eigenvalue weighted by Gasteiger charge is 1.95. The van der Waals surface area contributed by atoms with Crippen LogP contribution in [0.4, 0.5) is 17.2 Å². The maximum absolute atomic E-state index is 5.66. The zero-order valence-electron chi connectivity index (χ0n) is 8.57. The molecular weight excluding hydrogens is 186 g/mol. The van der Waals surface area contributed by atoms with Crippen LogP contribution in [-0.4, -0.2) is 4.98 Å². The van der Waals surface area contributed by atoms with E-state index < -0.39 is 0 Å². The lowest BCUT2D eigenvalue weighted by Gasteiger charge is -2.05. The van der Waals surface area contributed by atoms with Crippen LogP contribution in [0, 0.1) is 6.92 Å². The number of anilines is 3. The fourth-order valence-electron chi connectivity index (χ4n) is 1.30. The van der Waals surface area contributed by atoms with Gasteiger partial charge in [0, 0.05) is 23.6 Å². The van der Waals surface area contributed by atoms with Crippen LogP contribution in [0.5, 0.6) is 0 Å². The van der Waals surface area contributed by atoms with Gasteiger partial charge in [0.15, 0.2) is 0 Å². The van der Waals surface area contributed by atoms with E-state index >= 15 is 0 Å². The molecule has 0 fully saturated rings. The predicted octanol–water partition coefficient (Wildman–Crippen LogP) is 2.72. The summed E-state index contributed by atoms with van der Waals surface area (Å²) < 4.78 is 0. The molecule has 2 aromatic rings. The van der Waals surface area contributed by atoms with Gasteiger partial charge in [-0.25, -0.2) is 4.98 Å². The van der Waals surface area contributed by atoms with Crippen molar-refractivity contribution in [2.24, 2.45) is 0 Å². The third-order valence-electron chi connectivity index (χ3n) is 2.11. The molecule has 1 aromatic heterocycles. The number of nitrogens with one attached hydrogen (secondary N) is 1. The third-order valence-corrected chi connectivity index (χ3v) is 2.11. The topological polar surface area (TPSA) is 50.9 Å². The van der Waals surface area contributed by atoms with E-state index in [2.05, 4.69) is 29.4 Å². The number of benzene rings is 1. The summed E-state index contributed by atoms with van der Waals surface area (Å²) in [5.41, 5.74) is 8.61. The molecule has 0 radical (unpaired) electrons. The molecule has 0 spiro atoms. The van der Waals surface area contributed by atoms with Gasteiger partial charge in [-0.05, 0) is 25.1 Å². The smallest absolute Gasteiger partial charge is 0.132 e. The monoisotopic (exact) mass is 199 g/mol. The Kier molecular flexibility index (Phi) is 2.54. The van der Waals surface area contributed by atoms with Crippen LogP contribution < -0.4 is 11.1 Å². The van der Waals surface area contributed by atoms with Gasteiger partial charge in [-0.3, -0.25) is 0 Å². The van der Waals surface area contributed by atoms with Crippen molar-refractivity contribution in [1.82, 2.24) is 4.98 Å². The quantitative estimate of drug-likeness (QED) is 0.781. The fourth-order valence-corrected chi connectivity index (χ4v) is 1.30. The van der Waals surface area contributed by atoms with E-state index in [0.29, 0.717) is 5.69 Å². The first-order valence-corrected chi connectivity index (χ1v) is 4.79. The number of pyridine rings is 1. The summed E-state index contributed by atoms with van der Waals surface area (Å²) in [4.78, 5) is 4.17. The average Bonchev–Trinajstić information content (AvgIpc) is 2.22. The van der Waals surface area contributed by atoms with Gasteiger partial charge in [-0.1, -0.05) is 17.7 Å². The second kappa shape index (κ2) is 4.00. The molecule has 0 aliphatic heterocycles. The van der Waals surface area contributed by atoms with Crippen molar-refractivity contribution >= 4 is 17.2 Å². The molecule has 3 heteroatoms. The van der Waals surface area contributed by atoms with E-state index in [1.165, 1.54) is 5.56 Å². The van der Waals surface area contributed by atoms with Crippen LogP contribution in [-0.2, 0) is 0 Å². The number of aromatic nitrogens is 1. The lowest BCUT2D eigenvalue weighted by molar-refractivity contribution is 1.31. The SMILES string of the molecule is Cc1ccc(Nc2cc(N)ccn2)cc1. The lowest BCUT2D eigenvalue weighted by Crippen LogP contribution is -1.94. The first-order chi connectivity index (χ1) is 7.24. The Labute approximate surface area is 89.0 Å². The second-order valence-electron chi connectivity index (χ2n) is 3.47. The van der Waals surface area contributed by atoms with Crippen molar-refractivity contribution < 1.29 is 0 Å². The summed E-state index contributed by atoms with van der Waals surface area (Å²) >= 11 is 0. The standard InChI is InChI=1S/C12H13N3/c1-9-2-4-11(5-3-9)15-12-8-10(13)6-7-14-12/h2-8H,1H3,(H3,13,14,15). The molecule has 0 atom stereocenters. The molecule has 0 aliphatic carbocycles. The highest BCUT2D eigenvalue weighted by atomic mass is 15.0. The first-order valence-electron chi connectivity index (χ1n) is 4.79. The van der Waals surface area contributed by atoms with Gasteiger partial charge < -0.3 is 11.1 Å². The molecule has 0 saturated heterocycles. The van der Waals surface area contributed by atoms with Crippen molar-refractivity contribution in [1.29, 1.82) is 0 Å². The van der Waals surface area contributed by atoms with Crippen molar-refractivity contribution in [3.8, 4) is 0 Å². The minimum atomic E-state index is 0.708. The summed E-state index contributed by atoms with van der Waals surface area (Å²) in [5.74, 6) is 0.763. The van der Waals surface area contributed by atoms with Crippen molar-refractivity contribution in [3.63, 3.8) is 0 Å². The molecule has 0 saturated carbocycles. The molecular formula is C12H13N3. The van der Waals surface area contributed by atoms with Gasteiger partial charge >= 0.3 is 0 Å². The number of nitrogens with two attached hydrogens (primary N) is 1. The molecule has 0 unspecified atom stereocenters. The minimum Gasteiger partial charge on any atom is -0.399 e. The van der Waals surface area contributed by atoms with Gasteiger partial charge in [0.25, 0.3) is 0 Å². The number of rotatable bonds is 2. The number of nitrogens with zero attached hydrogens (tertiary/aromatic N) is 1. The molecule has 3 nitrogen and oxygen atoms in total. The molecule has 0 bridgehead atoms. The largest absolute Gasteiger partial charge is 0.399 e. The lowest BCUT2D eigenvalue weighted by atomic mass is 10.2. The van der Waals surface area contributed by atoms with Gasteiger partial charge in [0.2, 0.25) is 0 Å². The summed E-state index contributed by atoms with van der Waals surface area (Å²) in [6.45, 7) is 2.06. The Morgan fingerprint density at radius 2 is 1.87 bits per heavy atom. The second-order valence-corrected chi connectivity index (χ2v) is 3.47. The van der Waals surface area contributed by atoms with E-state index in [9.17, 15) is 0 Å². The average molecular weight is 199 g/mol. The summed E-state index contributed by atoms with van der Waals surface area (Å²) in [6.07, 6.45) is 1.69. The summed E-state index contributed by atoms with van der Waals surface area (Å²) in [6, 6.07) is 11.7. The number of hydrogen-bond acceptors (Lipinski definition) is 3. The molecule has 2 rings (SSSR count). The third kappa shape index (κ3) is 2.47. The fraction of sp³-hybridized carbons (Fsp3) is 0.0833. The van der Waals surface area contributed by atoms with Gasteiger partial charge in [-0.2, -0.15) is 0 Å². The summed E-state index contributed by atoms with van der Waals surface area (Å²) in [7, 11) is 0. The Balaban J connectivity index is 2.18. The highest BCUT2D eigenvalue weighted by molar-refractivity contribution is 5.59. The van der Waals surface area contributed by atoms with Crippen LogP contribution in [0.15, 0.2) is 42.6 Å². The van der Waals surface area contributed by atoms with Crippen LogP contribution in [0.3, 0.4) is 0 Å². The molecule has 1 aromatic carbocycles. The zero-order valence-corrected chi connectivity index (χ0v) is 8.57. The molecule has 0 aliphatic rings. The maximum Gasteiger partial charge on any atom is 0.132 e. The number of nitrogen functional groups attached to an aromatic ring is 1. The predicted molar refractivity (Wildman–Crippen MR) is 63.1 cm³/mol. The molecule has 1 heterocycles. The Morgan fingerprint density at radius 1 is 1.13 bits per heavy atom. The van der Waals surface area contributed by atoms with Gasteiger partial charge in [-0.15, -0.1) is 0 Å². The zero-order chi connectivity index (χ0) is 10.7. The summed E-state index contributed by atoms with van der Waals surface area (Å²) in [5, 5.41) is 3.18. The van der Waals surface area contributed by atoms with Crippen molar-refractivity contribution in [2.45, 2.75) is 6.92 Å². The highest BCUT2D eigenvalue weighted by Crippen LogP contribution is 2.16. The van der Waals surface area contributed by atoms with Crippen molar-refractivity contribution in [3.05, 3.63) is 48.2 Å². The Morgan fingerprint density at radius 3 is 2.53 bits per heavy atom. The molecule has 15 heavy (non-hydrogen) atoms. The van der Waals surface area contributed by atoms with E-state index in [1.54, 1.807) is 18.3 Å². The van der Waals surface area contributed by atoms with E-state index in [1.807, 2.05) is 12.1 Å². The van der Waals surface area contributed by atoms with Gasteiger partial charge in [0.1, 0.15) is 5.82 Å².